The van der Waals surface area contributed by atoms with Crippen LogP contribution in [0.5, 0.6) is 0 Å². The second-order valence-electron chi connectivity index (χ2n) is 7.13. The molecule has 7 nitrogen and oxygen atoms in total. The number of oxazole rings is 1. The van der Waals surface area contributed by atoms with Gasteiger partial charge in [-0.05, 0) is 31.0 Å². The van der Waals surface area contributed by atoms with E-state index in [1.807, 2.05) is 36.4 Å². The Morgan fingerprint density at radius 1 is 1.24 bits per heavy atom. The van der Waals surface area contributed by atoms with Crippen molar-refractivity contribution in [3.05, 3.63) is 66.2 Å². The van der Waals surface area contributed by atoms with Gasteiger partial charge in [0.1, 0.15) is 6.04 Å². The fourth-order valence-corrected chi connectivity index (χ4v) is 3.88. The number of amides is 1. The average molecular weight is 389 g/mol. The van der Waals surface area contributed by atoms with E-state index in [2.05, 4.69) is 15.2 Å². The first kappa shape index (κ1) is 17.5. The maximum atomic E-state index is 12.5. The molecule has 1 saturated heterocycles. The normalized spacial score (nSPS) is 17.4. The van der Waals surface area contributed by atoms with E-state index in [4.69, 9.17) is 9.15 Å². The molecule has 1 atom stereocenters. The van der Waals surface area contributed by atoms with Crippen LogP contribution in [0.15, 0.2) is 59.1 Å². The van der Waals surface area contributed by atoms with Crippen LogP contribution < -0.4 is 10.2 Å². The van der Waals surface area contributed by atoms with Crippen molar-refractivity contribution in [2.75, 3.05) is 16.8 Å². The number of carbonyl (C=O) groups is 2. The summed E-state index contributed by atoms with van der Waals surface area (Å²) in [4.78, 5) is 31.0. The van der Waals surface area contributed by atoms with E-state index >= 15 is 0 Å². The highest BCUT2D eigenvalue weighted by Crippen LogP contribution is 2.37. The Labute approximate surface area is 167 Å². The van der Waals surface area contributed by atoms with Gasteiger partial charge < -0.3 is 19.4 Å². The lowest BCUT2D eigenvalue weighted by Gasteiger charge is -2.33. The van der Waals surface area contributed by atoms with E-state index in [1.54, 1.807) is 18.3 Å². The maximum absolute atomic E-state index is 12.5. The molecular weight excluding hydrogens is 370 g/mol. The molecule has 2 aliphatic heterocycles. The molecule has 2 aromatic carbocycles. The van der Waals surface area contributed by atoms with Crippen molar-refractivity contribution in [2.45, 2.75) is 25.5 Å². The van der Waals surface area contributed by atoms with Gasteiger partial charge in [-0.25, -0.2) is 9.78 Å². The fraction of sp³-hybridized carbons (Fsp3) is 0.227. The summed E-state index contributed by atoms with van der Waals surface area (Å²) in [6, 6.07) is 14.7. The zero-order valence-electron chi connectivity index (χ0n) is 15.6. The Balaban J connectivity index is 1.28. The van der Waals surface area contributed by atoms with E-state index < -0.39 is 5.97 Å². The number of fused-ring (bicyclic) bond motifs is 3. The SMILES string of the molecule is O=C(OCc1ncc(-c2ccccc2)o1)c1ccc2c(c1)NC(=O)[C@@H]1CCCN21. The summed E-state index contributed by atoms with van der Waals surface area (Å²) in [5.41, 5.74) is 2.87. The molecule has 7 heteroatoms. The lowest BCUT2D eigenvalue weighted by atomic mass is 10.1. The Kier molecular flexibility index (Phi) is 4.27. The molecule has 1 fully saturated rings. The lowest BCUT2D eigenvalue weighted by Crippen LogP contribution is -2.43. The summed E-state index contributed by atoms with van der Waals surface area (Å²) in [5, 5.41) is 2.90. The van der Waals surface area contributed by atoms with Crippen molar-refractivity contribution in [3.8, 4) is 11.3 Å². The molecule has 5 rings (SSSR count). The van der Waals surface area contributed by atoms with Crippen molar-refractivity contribution >= 4 is 23.3 Å². The molecule has 1 amide bonds. The number of hydrogen-bond acceptors (Lipinski definition) is 6. The highest BCUT2D eigenvalue weighted by molar-refractivity contribution is 6.05. The number of nitrogens with zero attached hydrogens (tertiary/aromatic N) is 2. The molecule has 29 heavy (non-hydrogen) atoms. The summed E-state index contributed by atoms with van der Waals surface area (Å²) in [7, 11) is 0. The van der Waals surface area contributed by atoms with E-state index in [-0.39, 0.29) is 18.6 Å². The molecular formula is C22H19N3O4. The summed E-state index contributed by atoms with van der Waals surface area (Å²) in [6.45, 7) is 0.784. The van der Waals surface area contributed by atoms with Crippen molar-refractivity contribution < 1.29 is 18.7 Å². The molecule has 0 spiro atoms. The van der Waals surface area contributed by atoms with E-state index in [9.17, 15) is 9.59 Å². The molecule has 2 aliphatic rings. The van der Waals surface area contributed by atoms with Crippen molar-refractivity contribution in [1.82, 2.24) is 4.98 Å². The summed E-state index contributed by atoms with van der Waals surface area (Å²) in [6.07, 6.45) is 3.46. The third kappa shape index (κ3) is 3.24. The van der Waals surface area contributed by atoms with Crippen LogP contribution in [0.4, 0.5) is 11.4 Å². The molecule has 1 N–H and O–H groups in total. The van der Waals surface area contributed by atoms with Gasteiger partial charge in [-0.3, -0.25) is 4.79 Å². The third-order valence-corrected chi connectivity index (χ3v) is 5.29. The van der Waals surface area contributed by atoms with Crippen molar-refractivity contribution in [3.63, 3.8) is 0 Å². The maximum Gasteiger partial charge on any atom is 0.338 e. The lowest BCUT2D eigenvalue weighted by molar-refractivity contribution is -0.117. The Morgan fingerprint density at radius 2 is 2.10 bits per heavy atom. The monoisotopic (exact) mass is 389 g/mol. The number of nitrogens with one attached hydrogen (secondary N) is 1. The fourth-order valence-electron chi connectivity index (χ4n) is 3.88. The van der Waals surface area contributed by atoms with Gasteiger partial charge in [0.2, 0.25) is 11.8 Å². The predicted molar refractivity (Wildman–Crippen MR) is 106 cm³/mol. The van der Waals surface area contributed by atoms with Crippen molar-refractivity contribution in [1.29, 1.82) is 0 Å². The first-order valence-corrected chi connectivity index (χ1v) is 9.58. The van der Waals surface area contributed by atoms with Crippen LogP contribution >= 0.6 is 0 Å². The van der Waals surface area contributed by atoms with Gasteiger partial charge in [0, 0.05) is 12.1 Å². The van der Waals surface area contributed by atoms with Gasteiger partial charge in [0.25, 0.3) is 0 Å². The molecule has 146 valence electrons. The number of ether oxygens (including phenoxy) is 1. The van der Waals surface area contributed by atoms with Crippen LogP contribution in [-0.4, -0.2) is 29.4 Å². The minimum atomic E-state index is -0.495. The highest BCUT2D eigenvalue weighted by atomic mass is 16.5. The Bertz CT molecular complexity index is 1080. The van der Waals surface area contributed by atoms with Gasteiger partial charge >= 0.3 is 5.97 Å². The van der Waals surface area contributed by atoms with Crippen LogP contribution in [0.2, 0.25) is 0 Å². The molecule has 3 heterocycles. The minimum Gasteiger partial charge on any atom is -0.452 e. The summed E-state index contributed by atoms with van der Waals surface area (Å²) >= 11 is 0. The standard InChI is InChI=1S/C22H19N3O4/c26-21-18-7-4-10-25(18)17-9-8-15(11-16(17)24-21)22(27)28-13-20-23-12-19(29-20)14-5-2-1-3-6-14/h1-3,5-6,8-9,11-12,18H,4,7,10,13H2,(H,24,26)/t18-/m0/s1. The number of esters is 1. The number of carbonyl (C=O) groups excluding carboxylic acids is 2. The largest absolute Gasteiger partial charge is 0.452 e. The smallest absolute Gasteiger partial charge is 0.338 e. The first-order chi connectivity index (χ1) is 14.2. The van der Waals surface area contributed by atoms with Gasteiger partial charge in [-0.2, -0.15) is 0 Å². The third-order valence-electron chi connectivity index (χ3n) is 5.29. The van der Waals surface area contributed by atoms with E-state index in [1.165, 1.54) is 0 Å². The second kappa shape index (κ2) is 7.09. The molecule has 3 aromatic rings. The highest BCUT2D eigenvalue weighted by Gasteiger charge is 2.36. The van der Waals surface area contributed by atoms with Crippen LogP contribution in [0, 0.1) is 0 Å². The summed E-state index contributed by atoms with van der Waals surface area (Å²) < 4.78 is 11.0. The predicted octanol–water partition coefficient (Wildman–Crippen LogP) is 3.62. The van der Waals surface area contributed by atoms with Crippen molar-refractivity contribution in [2.24, 2.45) is 0 Å². The Hall–Kier alpha value is -3.61. The quantitative estimate of drug-likeness (QED) is 0.686. The number of rotatable bonds is 4. The second-order valence-corrected chi connectivity index (χ2v) is 7.13. The minimum absolute atomic E-state index is 0.0197. The van der Waals surface area contributed by atoms with Crippen LogP contribution in [0.1, 0.15) is 29.1 Å². The zero-order valence-corrected chi connectivity index (χ0v) is 15.6. The number of hydrogen-bond donors (Lipinski definition) is 1. The molecule has 1 aromatic heterocycles. The number of benzene rings is 2. The van der Waals surface area contributed by atoms with E-state index in [0.717, 1.165) is 30.6 Å². The molecule has 0 aliphatic carbocycles. The molecule has 0 radical (unpaired) electrons. The zero-order chi connectivity index (χ0) is 19.8. The van der Waals surface area contributed by atoms with Gasteiger partial charge in [0.15, 0.2) is 12.4 Å². The van der Waals surface area contributed by atoms with Gasteiger partial charge in [0.05, 0.1) is 23.1 Å². The molecule has 0 unspecified atom stereocenters. The number of aromatic nitrogens is 1. The van der Waals surface area contributed by atoms with Gasteiger partial charge in [-0.1, -0.05) is 30.3 Å². The van der Waals surface area contributed by atoms with Crippen LogP contribution in [0.3, 0.4) is 0 Å². The average Bonchev–Trinajstić information content (AvgIpc) is 3.43. The number of anilines is 2. The molecule has 0 saturated carbocycles. The van der Waals surface area contributed by atoms with Gasteiger partial charge in [-0.15, -0.1) is 0 Å². The van der Waals surface area contributed by atoms with Crippen LogP contribution in [-0.2, 0) is 16.1 Å². The summed E-state index contributed by atoms with van der Waals surface area (Å²) in [5.74, 6) is 0.426. The Morgan fingerprint density at radius 3 is 2.97 bits per heavy atom. The topological polar surface area (TPSA) is 84.7 Å². The molecule has 0 bridgehead atoms. The first-order valence-electron chi connectivity index (χ1n) is 9.58. The van der Waals surface area contributed by atoms with E-state index in [0.29, 0.717) is 22.9 Å². The van der Waals surface area contributed by atoms with Crippen LogP contribution in [0.25, 0.3) is 11.3 Å².